The maximum Gasteiger partial charge on any atom is 0.191 e. The van der Waals surface area contributed by atoms with E-state index in [1.807, 2.05) is 0 Å². The lowest BCUT2D eigenvalue weighted by molar-refractivity contribution is -0.0823. The number of aliphatic imine (C=N–C) groups is 1. The molecule has 0 saturated carbocycles. The van der Waals surface area contributed by atoms with Crippen molar-refractivity contribution in [2.24, 2.45) is 16.3 Å². The van der Waals surface area contributed by atoms with E-state index in [0.717, 1.165) is 38.6 Å². The summed E-state index contributed by atoms with van der Waals surface area (Å²) in [4.78, 5) is 4.77. The highest BCUT2D eigenvalue weighted by atomic mass is 127. The normalized spacial score (nSPS) is 21.6. The van der Waals surface area contributed by atoms with Crippen LogP contribution in [0.4, 0.5) is 0 Å². The Bertz CT molecular complexity index is 362. The van der Waals surface area contributed by atoms with Crippen LogP contribution in [0.25, 0.3) is 0 Å². The lowest BCUT2D eigenvalue weighted by atomic mass is 9.78. The summed E-state index contributed by atoms with van der Waals surface area (Å²) in [5.41, 5.74) is 0.154. The highest BCUT2D eigenvalue weighted by Gasteiger charge is 2.35. The van der Waals surface area contributed by atoms with Crippen LogP contribution < -0.4 is 10.6 Å². The number of halogens is 1. The van der Waals surface area contributed by atoms with E-state index in [0.29, 0.717) is 25.7 Å². The lowest BCUT2D eigenvalue weighted by Gasteiger charge is -2.39. The Labute approximate surface area is 170 Å². The average molecular weight is 471 g/mol. The van der Waals surface area contributed by atoms with Crippen LogP contribution in [-0.4, -0.2) is 65.2 Å². The smallest absolute Gasteiger partial charge is 0.191 e. The van der Waals surface area contributed by atoms with Crippen LogP contribution >= 0.6 is 24.0 Å². The van der Waals surface area contributed by atoms with Crippen LogP contribution in [0.15, 0.2) is 4.99 Å². The molecule has 0 radical (unpaired) electrons. The van der Waals surface area contributed by atoms with Gasteiger partial charge in [0.05, 0.1) is 25.9 Å². The van der Waals surface area contributed by atoms with Crippen LogP contribution in [0.3, 0.4) is 0 Å². The van der Waals surface area contributed by atoms with Gasteiger partial charge in [-0.25, -0.2) is 0 Å². The zero-order valence-electron chi connectivity index (χ0n) is 16.6. The van der Waals surface area contributed by atoms with E-state index in [1.165, 1.54) is 6.42 Å². The molecule has 1 heterocycles. The van der Waals surface area contributed by atoms with Crippen LogP contribution in [0.2, 0.25) is 0 Å². The third-order valence-electron chi connectivity index (χ3n) is 4.10. The minimum atomic E-state index is 0. The van der Waals surface area contributed by atoms with Crippen LogP contribution in [0.5, 0.6) is 0 Å². The molecule has 6 nitrogen and oxygen atoms in total. The molecule has 25 heavy (non-hydrogen) atoms. The zero-order valence-corrected chi connectivity index (χ0v) is 18.9. The Balaban J connectivity index is 0.00000576. The Morgan fingerprint density at radius 1 is 1.20 bits per heavy atom. The van der Waals surface area contributed by atoms with Crippen LogP contribution in [0.1, 0.15) is 40.5 Å². The Hall–Kier alpha value is -0.120. The summed E-state index contributed by atoms with van der Waals surface area (Å²) in [6.07, 6.45) is 2.59. The Kier molecular flexibility index (Phi) is 13.9. The molecule has 1 fully saturated rings. The van der Waals surface area contributed by atoms with Gasteiger partial charge in [-0.15, -0.1) is 24.0 Å². The number of rotatable bonds is 9. The first-order valence-corrected chi connectivity index (χ1v) is 9.19. The van der Waals surface area contributed by atoms with E-state index in [2.05, 4.69) is 38.3 Å². The van der Waals surface area contributed by atoms with Gasteiger partial charge in [-0.05, 0) is 25.2 Å². The van der Waals surface area contributed by atoms with Gasteiger partial charge in [-0.1, -0.05) is 20.8 Å². The van der Waals surface area contributed by atoms with Crippen molar-refractivity contribution in [1.29, 1.82) is 0 Å². The minimum Gasteiger partial charge on any atom is -0.382 e. The molecule has 7 heteroatoms. The summed E-state index contributed by atoms with van der Waals surface area (Å²) < 4.78 is 16.5. The van der Waals surface area contributed by atoms with Gasteiger partial charge < -0.3 is 24.8 Å². The maximum absolute atomic E-state index is 6.04. The number of hydrogen-bond acceptors (Lipinski definition) is 4. The highest BCUT2D eigenvalue weighted by molar-refractivity contribution is 14.0. The lowest BCUT2D eigenvalue weighted by Crippen LogP contribution is -2.43. The molecule has 2 N–H and O–H groups in total. The van der Waals surface area contributed by atoms with Crippen LogP contribution in [-0.2, 0) is 14.2 Å². The number of guanidine groups is 1. The number of hydrogen-bond donors (Lipinski definition) is 2. The summed E-state index contributed by atoms with van der Waals surface area (Å²) in [6, 6.07) is 0. The summed E-state index contributed by atoms with van der Waals surface area (Å²) in [5, 5.41) is 6.62. The third-order valence-corrected chi connectivity index (χ3v) is 4.10. The van der Waals surface area contributed by atoms with Gasteiger partial charge in [0.1, 0.15) is 0 Å². The van der Waals surface area contributed by atoms with Gasteiger partial charge in [-0.2, -0.15) is 0 Å². The van der Waals surface area contributed by atoms with Crippen molar-refractivity contribution in [1.82, 2.24) is 10.6 Å². The van der Waals surface area contributed by atoms with Gasteiger partial charge in [-0.3, -0.25) is 4.99 Å². The monoisotopic (exact) mass is 471 g/mol. The van der Waals surface area contributed by atoms with Gasteiger partial charge in [0.2, 0.25) is 0 Å². The van der Waals surface area contributed by atoms with E-state index in [-0.39, 0.29) is 35.5 Å². The second kappa shape index (κ2) is 14.0. The van der Waals surface area contributed by atoms with Gasteiger partial charge in [0, 0.05) is 39.3 Å². The first kappa shape index (κ1) is 24.9. The van der Waals surface area contributed by atoms with E-state index in [4.69, 9.17) is 19.2 Å². The largest absolute Gasteiger partial charge is 0.382 e. The molecule has 0 spiro atoms. The molecular weight excluding hydrogens is 433 g/mol. The first-order valence-electron chi connectivity index (χ1n) is 9.19. The zero-order chi connectivity index (χ0) is 17.8. The van der Waals surface area contributed by atoms with Gasteiger partial charge in [0.15, 0.2) is 5.96 Å². The second-order valence-electron chi connectivity index (χ2n) is 7.31. The molecule has 2 unspecified atom stereocenters. The molecule has 1 saturated heterocycles. The molecule has 0 amide bonds. The number of methoxy groups -OCH3 is 1. The Morgan fingerprint density at radius 3 is 2.60 bits per heavy atom. The third kappa shape index (κ3) is 10.6. The maximum atomic E-state index is 6.04. The van der Waals surface area contributed by atoms with Crippen molar-refractivity contribution < 1.29 is 14.2 Å². The van der Waals surface area contributed by atoms with Crippen molar-refractivity contribution in [3.8, 4) is 0 Å². The molecule has 1 rings (SSSR count). The molecule has 0 bridgehead atoms. The van der Waals surface area contributed by atoms with E-state index in [9.17, 15) is 0 Å². The predicted molar refractivity (Wildman–Crippen MR) is 114 cm³/mol. The molecule has 0 aliphatic carbocycles. The molecular formula is C18H38IN3O3. The van der Waals surface area contributed by atoms with Gasteiger partial charge >= 0.3 is 0 Å². The van der Waals surface area contributed by atoms with Crippen molar-refractivity contribution in [2.75, 3.05) is 53.2 Å². The number of nitrogens with one attached hydrogen (secondary N) is 2. The molecule has 0 aromatic carbocycles. The fourth-order valence-electron chi connectivity index (χ4n) is 3.02. The molecule has 2 atom stereocenters. The average Bonchev–Trinajstić information content (AvgIpc) is 2.55. The fraction of sp³-hybridized carbons (Fsp3) is 0.944. The highest BCUT2D eigenvalue weighted by Crippen LogP contribution is 2.34. The SMILES string of the molecule is CCNC(=NCC1CCCOC1C(C)(C)C)NCCOCCOC.I. The predicted octanol–water partition coefficient (Wildman–Crippen LogP) is 2.66. The molecule has 0 aromatic heterocycles. The molecule has 150 valence electrons. The Morgan fingerprint density at radius 2 is 1.96 bits per heavy atom. The summed E-state index contributed by atoms with van der Waals surface area (Å²) in [5.74, 6) is 1.33. The summed E-state index contributed by atoms with van der Waals surface area (Å²) in [6.45, 7) is 14.0. The number of nitrogens with zero attached hydrogens (tertiary/aromatic N) is 1. The summed E-state index contributed by atoms with van der Waals surface area (Å²) in [7, 11) is 1.68. The summed E-state index contributed by atoms with van der Waals surface area (Å²) >= 11 is 0. The van der Waals surface area contributed by atoms with Crippen molar-refractivity contribution in [3.63, 3.8) is 0 Å². The van der Waals surface area contributed by atoms with E-state index < -0.39 is 0 Å². The van der Waals surface area contributed by atoms with Crippen LogP contribution in [0, 0.1) is 11.3 Å². The molecule has 1 aliphatic rings. The topological polar surface area (TPSA) is 64.1 Å². The van der Waals surface area contributed by atoms with Crippen molar-refractivity contribution >= 4 is 29.9 Å². The second-order valence-corrected chi connectivity index (χ2v) is 7.31. The fourth-order valence-corrected chi connectivity index (χ4v) is 3.02. The van der Waals surface area contributed by atoms with E-state index >= 15 is 0 Å². The minimum absolute atomic E-state index is 0. The van der Waals surface area contributed by atoms with Crippen molar-refractivity contribution in [2.45, 2.75) is 46.6 Å². The number of ether oxygens (including phenoxy) is 3. The molecule has 1 aliphatic heterocycles. The quantitative estimate of drug-likeness (QED) is 0.234. The molecule has 0 aromatic rings. The standard InChI is InChI=1S/C18H37N3O3.HI/c1-6-19-17(20-9-11-23-13-12-22-5)21-14-15-8-7-10-24-16(15)18(2,3)4;/h15-16H,6-14H2,1-5H3,(H2,19,20,21);1H. The van der Waals surface area contributed by atoms with Gasteiger partial charge in [0.25, 0.3) is 0 Å². The van der Waals surface area contributed by atoms with E-state index in [1.54, 1.807) is 7.11 Å². The first-order chi connectivity index (χ1) is 11.5. The van der Waals surface area contributed by atoms with Crippen molar-refractivity contribution in [3.05, 3.63) is 0 Å².